The van der Waals surface area contributed by atoms with Gasteiger partial charge in [0.2, 0.25) is 0 Å². The second kappa shape index (κ2) is 10.1. The van der Waals surface area contributed by atoms with Gasteiger partial charge in [-0.1, -0.05) is 36.5 Å². The first-order valence-electron chi connectivity index (χ1n) is 12.4. The van der Waals surface area contributed by atoms with E-state index in [9.17, 15) is 18.3 Å². The van der Waals surface area contributed by atoms with E-state index >= 15 is 8.78 Å². The molecule has 206 valence electrons. The Morgan fingerprint density at radius 1 is 1.07 bits per heavy atom. The molecule has 5 rings (SSSR count). The lowest BCUT2D eigenvalue weighted by atomic mass is 9.77. The van der Waals surface area contributed by atoms with Crippen LogP contribution in [0.15, 0.2) is 85.7 Å². The molecule has 40 heavy (non-hydrogen) atoms. The SMILES string of the molecule is C=CCC(F)(F)c1c2c(nc(C(F)(F)F)c1=C1C=CC=CC1)=CC=C(C(O)(c1ccncc1)c1cncn1C)C2. The highest BCUT2D eigenvalue weighted by Gasteiger charge is 2.45. The number of aryl methyl sites for hydroxylation is 1. The van der Waals surface area contributed by atoms with Crippen molar-refractivity contribution in [3.8, 4) is 0 Å². The highest BCUT2D eigenvalue weighted by atomic mass is 19.4. The molecule has 0 bridgehead atoms. The summed E-state index contributed by atoms with van der Waals surface area (Å²) in [6.07, 6.45) is 9.61. The molecule has 0 fully saturated rings. The summed E-state index contributed by atoms with van der Waals surface area (Å²) in [5.41, 5.74) is -2.99. The molecule has 3 aromatic heterocycles. The van der Waals surface area contributed by atoms with Gasteiger partial charge in [0.05, 0.1) is 23.6 Å². The molecule has 0 amide bonds. The molecule has 2 aliphatic rings. The number of alkyl halides is 5. The van der Waals surface area contributed by atoms with Crippen molar-refractivity contribution in [2.45, 2.75) is 37.0 Å². The van der Waals surface area contributed by atoms with Gasteiger partial charge in [-0.15, -0.1) is 6.58 Å². The zero-order valence-electron chi connectivity index (χ0n) is 21.5. The first-order valence-corrected chi connectivity index (χ1v) is 12.4. The van der Waals surface area contributed by atoms with Gasteiger partial charge in [-0.25, -0.2) is 18.7 Å². The van der Waals surface area contributed by atoms with Gasteiger partial charge in [0.1, 0.15) is 0 Å². The van der Waals surface area contributed by atoms with E-state index in [-0.39, 0.29) is 34.9 Å². The van der Waals surface area contributed by atoms with Gasteiger partial charge < -0.3 is 9.67 Å². The van der Waals surface area contributed by atoms with E-state index < -0.39 is 40.6 Å². The standard InChI is InChI=1S/C30H25F5N4O/c1-3-13-28(31,32)26-22-16-21(29(40,20-11-14-36-15-12-20)24-17-37-18-39(24)2)9-10-23(22)38-27(30(33,34)35)25(26)19-7-5-4-6-8-19/h3-7,9-12,14-15,17-18,40H,1,8,13,16H2,2H3. The Morgan fingerprint density at radius 2 is 1.82 bits per heavy atom. The fourth-order valence-electron chi connectivity index (χ4n) is 5.34. The van der Waals surface area contributed by atoms with Gasteiger partial charge in [0, 0.05) is 36.6 Å². The largest absolute Gasteiger partial charge is 0.433 e. The van der Waals surface area contributed by atoms with Crippen LogP contribution in [-0.4, -0.2) is 24.6 Å². The number of pyridine rings is 2. The Bertz CT molecular complexity index is 1680. The summed E-state index contributed by atoms with van der Waals surface area (Å²) in [4.78, 5) is 12.0. The average molecular weight is 553 g/mol. The minimum Gasteiger partial charge on any atom is -0.375 e. The third-order valence-corrected chi connectivity index (χ3v) is 7.13. The van der Waals surface area contributed by atoms with Gasteiger partial charge in [0.25, 0.3) is 5.92 Å². The summed E-state index contributed by atoms with van der Waals surface area (Å²) in [6, 6.07) is 3.17. The third kappa shape index (κ3) is 4.62. The van der Waals surface area contributed by atoms with Crippen LogP contribution in [0, 0.1) is 0 Å². The van der Waals surface area contributed by atoms with Crippen molar-refractivity contribution in [3.63, 3.8) is 0 Å². The topological polar surface area (TPSA) is 63.8 Å². The molecule has 0 saturated heterocycles. The zero-order valence-corrected chi connectivity index (χ0v) is 21.5. The molecule has 3 aromatic rings. The molecule has 0 saturated carbocycles. The van der Waals surface area contributed by atoms with E-state index in [0.717, 1.165) is 6.08 Å². The van der Waals surface area contributed by atoms with Crippen LogP contribution in [0.2, 0.25) is 0 Å². The van der Waals surface area contributed by atoms with Crippen LogP contribution in [0.25, 0.3) is 11.6 Å². The molecule has 1 atom stereocenters. The maximum atomic E-state index is 16.0. The maximum Gasteiger partial charge on any atom is 0.433 e. The molecular formula is C30H25F5N4O. The van der Waals surface area contributed by atoms with Crippen LogP contribution < -0.4 is 10.6 Å². The number of allylic oxidation sites excluding steroid dienone is 6. The Kier molecular flexibility index (Phi) is 6.91. The number of hydrogen-bond donors (Lipinski definition) is 1. The summed E-state index contributed by atoms with van der Waals surface area (Å²) in [5, 5.41) is 11.4. The molecule has 10 heteroatoms. The summed E-state index contributed by atoms with van der Waals surface area (Å²) in [7, 11) is 1.67. The molecule has 0 aromatic carbocycles. The summed E-state index contributed by atoms with van der Waals surface area (Å²) in [6.45, 7) is 3.41. The van der Waals surface area contributed by atoms with Gasteiger partial charge in [-0.3, -0.25) is 4.98 Å². The number of rotatable bonds is 6. The first kappa shape index (κ1) is 27.4. The van der Waals surface area contributed by atoms with E-state index in [1.807, 2.05) is 0 Å². The normalized spacial score (nSPS) is 18.0. The monoisotopic (exact) mass is 552 g/mol. The minimum atomic E-state index is -4.99. The van der Waals surface area contributed by atoms with E-state index in [1.54, 1.807) is 35.9 Å². The average Bonchev–Trinajstić information content (AvgIpc) is 3.38. The van der Waals surface area contributed by atoms with E-state index in [0.29, 0.717) is 11.3 Å². The number of imidazole rings is 1. The Hall–Kier alpha value is -4.18. The van der Waals surface area contributed by atoms with Crippen molar-refractivity contribution in [3.05, 3.63) is 124 Å². The van der Waals surface area contributed by atoms with E-state index in [2.05, 4.69) is 21.5 Å². The Balaban J connectivity index is 1.86. The number of hydrogen-bond acceptors (Lipinski definition) is 4. The zero-order chi connectivity index (χ0) is 28.7. The quantitative estimate of drug-likeness (QED) is 0.354. The van der Waals surface area contributed by atoms with E-state index in [1.165, 1.54) is 49.2 Å². The second-order valence-electron chi connectivity index (χ2n) is 9.66. The molecular weight excluding hydrogens is 527 g/mol. The fraction of sp³-hybridized carbons (Fsp3) is 0.233. The van der Waals surface area contributed by atoms with Crippen LogP contribution in [0.5, 0.6) is 0 Å². The van der Waals surface area contributed by atoms with Gasteiger partial charge in [-0.05, 0) is 53.3 Å². The van der Waals surface area contributed by atoms with Crippen molar-refractivity contribution in [2.24, 2.45) is 7.05 Å². The van der Waals surface area contributed by atoms with Crippen molar-refractivity contribution >= 4 is 11.6 Å². The van der Waals surface area contributed by atoms with Crippen LogP contribution in [0.3, 0.4) is 0 Å². The number of fused-ring (bicyclic) bond motifs is 1. The molecule has 0 aliphatic heterocycles. The summed E-state index contributed by atoms with van der Waals surface area (Å²) in [5.74, 6) is -3.70. The maximum absolute atomic E-state index is 16.0. The minimum absolute atomic E-state index is 0.0274. The van der Waals surface area contributed by atoms with E-state index in [4.69, 9.17) is 0 Å². The number of nitrogens with zero attached hydrogens (tertiary/aromatic N) is 4. The van der Waals surface area contributed by atoms with Crippen LogP contribution in [0.4, 0.5) is 22.0 Å². The summed E-state index contributed by atoms with van der Waals surface area (Å²) >= 11 is 0. The number of aromatic nitrogens is 4. The van der Waals surface area contributed by atoms with Gasteiger partial charge in [0.15, 0.2) is 11.3 Å². The molecule has 1 unspecified atom stereocenters. The smallest absolute Gasteiger partial charge is 0.375 e. The van der Waals surface area contributed by atoms with Crippen LogP contribution in [0.1, 0.15) is 40.9 Å². The molecule has 2 aliphatic carbocycles. The number of aliphatic hydroxyl groups is 1. The van der Waals surface area contributed by atoms with Gasteiger partial charge >= 0.3 is 6.18 Å². The lowest BCUT2D eigenvalue weighted by molar-refractivity contribution is -0.142. The predicted octanol–water partition coefficient (Wildman–Crippen LogP) is 4.76. The molecule has 1 N–H and O–H groups in total. The van der Waals surface area contributed by atoms with Crippen LogP contribution in [-0.2, 0) is 31.2 Å². The van der Waals surface area contributed by atoms with Crippen molar-refractivity contribution < 1.29 is 27.1 Å². The third-order valence-electron chi connectivity index (χ3n) is 7.13. The highest BCUT2D eigenvalue weighted by molar-refractivity contribution is 5.65. The van der Waals surface area contributed by atoms with Crippen molar-refractivity contribution in [1.29, 1.82) is 0 Å². The van der Waals surface area contributed by atoms with Crippen LogP contribution >= 0.6 is 0 Å². The molecule has 0 spiro atoms. The molecule has 0 radical (unpaired) electrons. The second-order valence-corrected chi connectivity index (χ2v) is 9.66. The lowest BCUT2D eigenvalue weighted by Gasteiger charge is -2.34. The predicted molar refractivity (Wildman–Crippen MR) is 140 cm³/mol. The lowest BCUT2D eigenvalue weighted by Crippen LogP contribution is -2.42. The Morgan fingerprint density at radius 3 is 2.42 bits per heavy atom. The van der Waals surface area contributed by atoms with Gasteiger partial charge in [-0.2, -0.15) is 13.2 Å². The summed E-state index contributed by atoms with van der Waals surface area (Å²) < 4.78 is 76.7. The van der Waals surface area contributed by atoms with Crippen molar-refractivity contribution in [2.75, 3.05) is 0 Å². The Labute approximate surface area is 226 Å². The first-order chi connectivity index (χ1) is 19.0. The number of halogens is 5. The fourth-order valence-corrected chi connectivity index (χ4v) is 5.34. The molecule has 3 heterocycles. The molecule has 5 nitrogen and oxygen atoms in total. The van der Waals surface area contributed by atoms with Crippen molar-refractivity contribution in [1.82, 2.24) is 19.5 Å². The highest BCUT2D eigenvalue weighted by Crippen LogP contribution is 2.41.